The van der Waals surface area contributed by atoms with E-state index in [0.717, 1.165) is 19.3 Å². The predicted molar refractivity (Wildman–Crippen MR) is 47.5 cm³/mol. The Labute approximate surface area is 68.8 Å². The lowest BCUT2D eigenvalue weighted by molar-refractivity contribution is 0.134. The standard InChI is InChI=1S/C10H16O/c1-3-9-6-4-5-7-10(8-9)11-2/h4,6,8,10H,3,5,7H2,1-2H3. The number of allylic oxidation sites excluding steroid dienone is 3. The van der Waals surface area contributed by atoms with Crippen molar-refractivity contribution in [3.05, 3.63) is 23.8 Å². The summed E-state index contributed by atoms with van der Waals surface area (Å²) in [5, 5.41) is 0. The van der Waals surface area contributed by atoms with Crippen molar-refractivity contribution in [2.75, 3.05) is 7.11 Å². The van der Waals surface area contributed by atoms with Crippen LogP contribution in [0, 0.1) is 0 Å². The first kappa shape index (κ1) is 8.54. The molecule has 1 unspecified atom stereocenters. The number of ether oxygens (including phenoxy) is 1. The van der Waals surface area contributed by atoms with Crippen LogP contribution in [0.5, 0.6) is 0 Å². The van der Waals surface area contributed by atoms with Crippen LogP contribution in [-0.2, 0) is 4.74 Å². The molecule has 0 spiro atoms. The van der Waals surface area contributed by atoms with Crippen molar-refractivity contribution in [1.29, 1.82) is 0 Å². The average Bonchev–Trinajstić information content (AvgIpc) is 2.28. The zero-order valence-corrected chi connectivity index (χ0v) is 7.34. The van der Waals surface area contributed by atoms with Gasteiger partial charge in [0.05, 0.1) is 6.10 Å². The van der Waals surface area contributed by atoms with Crippen LogP contribution in [0.1, 0.15) is 26.2 Å². The van der Waals surface area contributed by atoms with E-state index < -0.39 is 0 Å². The normalized spacial score (nSPS) is 24.5. The molecule has 1 heteroatoms. The molecule has 0 heterocycles. The zero-order valence-electron chi connectivity index (χ0n) is 7.34. The van der Waals surface area contributed by atoms with Gasteiger partial charge in [-0.1, -0.05) is 30.7 Å². The minimum atomic E-state index is 0.333. The molecule has 0 aliphatic heterocycles. The van der Waals surface area contributed by atoms with Gasteiger partial charge in [0.15, 0.2) is 0 Å². The maximum Gasteiger partial charge on any atom is 0.0760 e. The molecule has 0 N–H and O–H groups in total. The molecule has 1 aliphatic rings. The molecule has 1 rings (SSSR count). The molecule has 62 valence electrons. The molecule has 0 aromatic rings. The summed E-state index contributed by atoms with van der Waals surface area (Å²) in [6, 6.07) is 0. The summed E-state index contributed by atoms with van der Waals surface area (Å²) in [4.78, 5) is 0. The molecule has 0 saturated heterocycles. The molecular formula is C10H16O. The fraction of sp³-hybridized carbons (Fsp3) is 0.600. The summed E-state index contributed by atoms with van der Waals surface area (Å²) < 4.78 is 5.29. The van der Waals surface area contributed by atoms with Gasteiger partial charge in [-0.15, -0.1) is 0 Å². The van der Waals surface area contributed by atoms with Crippen LogP contribution in [0.3, 0.4) is 0 Å². The molecule has 1 atom stereocenters. The molecule has 0 amide bonds. The first-order chi connectivity index (χ1) is 5.36. The van der Waals surface area contributed by atoms with Gasteiger partial charge in [0, 0.05) is 7.11 Å². The van der Waals surface area contributed by atoms with Gasteiger partial charge in [0.25, 0.3) is 0 Å². The lowest BCUT2D eigenvalue weighted by Crippen LogP contribution is -2.05. The van der Waals surface area contributed by atoms with Gasteiger partial charge in [-0.2, -0.15) is 0 Å². The summed E-state index contributed by atoms with van der Waals surface area (Å²) in [5.74, 6) is 0. The van der Waals surface area contributed by atoms with Crippen molar-refractivity contribution in [2.24, 2.45) is 0 Å². The van der Waals surface area contributed by atoms with E-state index in [9.17, 15) is 0 Å². The van der Waals surface area contributed by atoms with Gasteiger partial charge in [-0.25, -0.2) is 0 Å². The highest BCUT2D eigenvalue weighted by Gasteiger charge is 2.05. The lowest BCUT2D eigenvalue weighted by Gasteiger charge is -2.08. The fourth-order valence-electron chi connectivity index (χ4n) is 1.29. The molecule has 0 bridgehead atoms. The van der Waals surface area contributed by atoms with E-state index in [0.29, 0.717) is 6.10 Å². The van der Waals surface area contributed by atoms with Crippen molar-refractivity contribution in [3.8, 4) is 0 Å². The van der Waals surface area contributed by atoms with E-state index >= 15 is 0 Å². The topological polar surface area (TPSA) is 9.23 Å². The maximum absolute atomic E-state index is 5.29. The largest absolute Gasteiger partial charge is 0.377 e. The Morgan fingerprint density at radius 1 is 1.64 bits per heavy atom. The summed E-state index contributed by atoms with van der Waals surface area (Å²) in [7, 11) is 1.78. The second kappa shape index (κ2) is 4.35. The van der Waals surface area contributed by atoms with E-state index in [1.165, 1.54) is 5.57 Å². The Hall–Kier alpha value is -0.560. The number of rotatable bonds is 2. The monoisotopic (exact) mass is 152 g/mol. The average molecular weight is 152 g/mol. The van der Waals surface area contributed by atoms with Crippen molar-refractivity contribution in [2.45, 2.75) is 32.3 Å². The molecule has 11 heavy (non-hydrogen) atoms. The Morgan fingerprint density at radius 2 is 2.45 bits per heavy atom. The van der Waals surface area contributed by atoms with Gasteiger partial charge >= 0.3 is 0 Å². The van der Waals surface area contributed by atoms with Crippen molar-refractivity contribution >= 4 is 0 Å². The SMILES string of the molecule is CCC1=CC(OC)CCC=C1. The van der Waals surface area contributed by atoms with Crippen LogP contribution in [-0.4, -0.2) is 13.2 Å². The summed E-state index contributed by atoms with van der Waals surface area (Å²) in [6.45, 7) is 2.17. The maximum atomic E-state index is 5.29. The van der Waals surface area contributed by atoms with Gasteiger partial charge in [-0.05, 0) is 19.3 Å². The molecule has 0 fully saturated rings. The van der Waals surface area contributed by atoms with Crippen molar-refractivity contribution in [1.82, 2.24) is 0 Å². The lowest BCUT2D eigenvalue weighted by atomic mass is 10.1. The second-order valence-electron chi connectivity index (χ2n) is 2.85. The van der Waals surface area contributed by atoms with E-state index in [1.807, 2.05) is 0 Å². The van der Waals surface area contributed by atoms with Gasteiger partial charge in [0.1, 0.15) is 0 Å². The van der Waals surface area contributed by atoms with Crippen LogP contribution in [0.4, 0.5) is 0 Å². The Morgan fingerprint density at radius 3 is 3.09 bits per heavy atom. The quantitative estimate of drug-likeness (QED) is 0.591. The van der Waals surface area contributed by atoms with Crippen LogP contribution in [0.2, 0.25) is 0 Å². The van der Waals surface area contributed by atoms with Crippen molar-refractivity contribution < 1.29 is 4.74 Å². The summed E-state index contributed by atoms with van der Waals surface area (Å²) in [5.41, 5.74) is 1.40. The van der Waals surface area contributed by atoms with Crippen LogP contribution in [0.25, 0.3) is 0 Å². The minimum Gasteiger partial charge on any atom is -0.377 e. The third-order valence-corrected chi connectivity index (χ3v) is 2.06. The molecule has 0 saturated carbocycles. The molecule has 1 nitrogen and oxygen atoms in total. The number of hydrogen-bond donors (Lipinski definition) is 0. The molecule has 0 aromatic heterocycles. The molecular weight excluding hydrogens is 136 g/mol. The van der Waals surface area contributed by atoms with Crippen molar-refractivity contribution in [3.63, 3.8) is 0 Å². The third kappa shape index (κ3) is 2.51. The van der Waals surface area contributed by atoms with Gasteiger partial charge in [-0.3, -0.25) is 0 Å². The molecule has 1 aliphatic carbocycles. The van der Waals surface area contributed by atoms with Crippen LogP contribution in [0.15, 0.2) is 23.8 Å². The van der Waals surface area contributed by atoms with E-state index in [-0.39, 0.29) is 0 Å². The smallest absolute Gasteiger partial charge is 0.0760 e. The Balaban J connectivity index is 2.62. The van der Waals surface area contributed by atoms with E-state index in [1.54, 1.807) is 7.11 Å². The van der Waals surface area contributed by atoms with Crippen LogP contribution < -0.4 is 0 Å². The van der Waals surface area contributed by atoms with E-state index in [2.05, 4.69) is 25.2 Å². The number of hydrogen-bond acceptors (Lipinski definition) is 1. The third-order valence-electron chi connectivity index (χ3n) is 2.06. The molecule has 0 aromatic carbocycles. The first-order valence-corrected chi connectivity index (χ1v) is 4.27. The van der Waals surface area contributed by atoms with Gasteiger partial charge in [0.2, 0.25) is 0 Å². The predicted octanol–water partition coefficient (Wildman–Crippen LogP) is 2.69. The minimum absolute atomic E-state index is 0.333. The van der Waals surface area contributed by atoms with Gasteiger partial charge < -0.3 is 4.74 Å². The Kier molecular flexibility index (Phi) is 3.37. The number of methoxy groups -OCH3 is 1. The molecule has 0 radical (unpaired) electrons. The van der Waals surface area contributed by atoms with E-state index in [4.69, 9.17) is 4.74 Å². The highest BCUT2D eigenvalue weighted by molar-refractivity contribution is 5.21. The summed E-state index contributed by atoms with van der Waals surface area (Å²) in [6.07, 6.45) is 10.4. The highest BCUT2D eigenvalue weighted by atomic mass is 16.5. The Bertz CT molecular complexity index is 168. The first-order valence-electron chi connectivity index (χ1n) is 4.27. The zero-order chi connectivity index (χ0) is 8.10. The van der Waals surface area contributed by atoms with Crippen LogP contribution >= 0.6 is 0 Å². The fourth-order valence-corrected chi connectivity index (χ4v) is 1.29. The second-order valence-corrected chi connectivity index (χ2v) is 2.85. The highest BCUT2D eigenvalue weighted by Crippen LogP contribution is 2.15. The summed E-state index contributed by atoms with van der Waals surface area (Å²) >= 11 is 0.